The van der Waals surface area contributed by atoms with E-state index < -0.39 is 0 Å². The van der Waals surface area contributed by atoms with Gasteiger partial charge in [0.15, 0.2) is 0 Å². The van der Waals surface area contributed by atoms with Gasteiger partial charge in [-0.2, -0.15) is 0 Å². The summed E-state index contributed by atoms with van der Waals surface area (Å²) in [4.78, 5) is 3.96. The number of hydrazine groups is 1. The van der Waals surface area contributed by atoms with E-state index in [9.17, 15) is 0 Å². The number of hydrogen-bond donors (Lipinski definition) is 2. The summed E-state index contributed by atoms with van der Waals surface area (Å²) in [5.41, 5.74) is 3.60. The minimum atomic E-state index is -0.0852. The molecule has 0 saturated carbocycles. The topological polar surface area (TPSA) is 69.4 Å². The van der Waals surface area contributed by atoms with Gasteiger partial charge in [-0.15, -0.1) is 0 Å². The molecule has 0 amide bonds. The van der Waals surface area contributed by atoms with E-state index in [-0.39, 0.29) is 6.04 Å². The minimum Gasteiger partial charge on any atom is -0.495 e. The van der Waals surface area contributed by atoms with Gasteiger partial charge in [0, 0.05) is 18.9 Å². The zero-order valence-electron chi connectivity index (χ0n) is 8.36. The molecule has 0 aliphatic heterocycles. The van der Waals surface area contributed by atoms with Crippen LogP contribution >= 0.6 is 0 Å². The summed E-state index contributed by atoms with van der Waals surface area (Å²) in [7, 11) is 3.22. The van der Waals surface area contributed by atoms with Crippen molar-refractivity contribution in [3.8, 4) is 5.75 Å². The lowest BCUT2D eigenvalue weighted by Crippen LogP contribution is -2.31. The fourth-order valence-electron chi connectivity index (χ4n) is 1.24. The van der Waals surface area contributed by atoms with Crippen molar-refractivity contribution in [2.45, 2.75) is 6.04 Å². The number of hydrogen-bond acceptors (Lipinski definition) is 5. The molecule has 1 aromatic heterocycles. The molecule has 14 heavy (non-hydrogen) atoms. The number of nitrogens with zero attached hydrogens (tertiary/aromatic N) is 1. The van der Waals surface area contributed by atoms with Gasteiger partial charge in [0.05, 0.1) is 26.0 Å². The Morgan fingerprint density at radius 2 is 2.36 bits per heavy atom. The first-order valence-electron chi connectivity index (χ1n) is 4.26. The molecule has 5 heteroatoms. The summed E-state index contributed by atoms with van der Waals surface area (Å²) in [6.07, 6.45) is 3.34. The Morgan fingerprint density at radius 1 is 1.57 bits per heavy atom. The third kappa shape index (κ3) is 2.41. The van der Waals surface area contributed by atoms with Crippen LogP contribution in [0.15, 0.2) is 18.5 Å². The van der Waals surface area contributed by atoms with Crippen LogP contribution < -0.4 is 16.0 Å². The average Bonchev–Trinajstić information content (AvgIpc) is 2.26. The molecule has 0 aliphatic rings. The van der Waals surface area contributed by atoms with Crippen molar-refractivity contribution in [3.05, 3.63) is 24.0 Å². The van der Waals surface area contributed by atoms with Crippen molar-refractivity contribution in [2.75, 3.05) is 20.8 Å². The van der Waals surface area contributed by atoms with Crippen LogP contribution in [0, 0.1) is 0 Å². The van der Waals surface area contributed by atoms with Gasteiger partial charge in [-0.1, -0.05) is 0 Å². The Bertz CT molecular complexity index is 281. The highest BCUT2D eigenvalue weighted by Gasteiger charge is 2.13. The van der Waals surface area contributed by atoms with E-state index >= 15 is 0 Å². The second kappa shape index (κ2) is 5.54. The zero-order chi connectivity index (χ0) is 10.4. The molecule has 78 valence electrons. The van der Waals surface area contributed by atoms with E-state index in [1.54, 1.807) is 26.6 Å². The molecule has 3 N–H and O–H groups in total. The van der Waals surface area contributed by atoms with Gasteiger partial charge in [0.25, 0.3) is 0 Å². The van der Waals surface area contributed by atoms with Crippen molar-refractivity contribution in [3.63, 3.8) is 0 Å². The van der Waals surface area contributed by atoms with E-state index in [1.807, 2.05) is 6.07 Å². The molecule has 1 heterocycles. The van der Waals surface area contributed by atoms with Crippen molar-refractivity contribution in [1.82, 2.24) is 10.4 Å². The van der Waals surface area contributed by atoms with Gasteiger partial charge in [-0.3, -0.25) is 16.3 Å². The summed E-state index contributed by atoms with van der Waals surface area (Å²) in [6, 6.07) is 1.76. The number of aromatic nitrogens is 1. The number of methoxy groups -OCH3 is 2. The molecular formula is C9H15N3O2. The predicted molar refractivity (Wildman–Crippen MR) is 52.7 cm³/mol. The van der Waals surface area contributed by atoms with Crippen LogP contribution in [0.1, 0.15) is 11.6 Å². The summed E-state index contributed by atoms with van der Waals surface area (Å²) < 4.78 is 10.2. The van der Waals surface area contributed by atoms with Crippen molar-refractivity contribution >= 4 is 0 Å². The second-order valence-corrected chi connectivity index (χ2v) is 2.79. The Balaban J connectivity index is 2.90. The molecule has 0 spiro atoms. The Hall–Kier alpha value is -1.17. The first-order chi connectivity index (χ1) is 6.83. The van der Waals surface area contributed by atoms with E-state index in [1.165, 1.54) is 0 Å². The SMILES string of the molecule is COCC(NN)c1ccncc1OC. The lowest BCUT2D eigenvalue weighted by Gasteiger charge is -2.17. The zero-order valence-corrected chi connectivity index (χ0v) is 8.36. The smallest absolute Gasteiger partial charge is 0.142 e. The molecule has 0 aliphatic carbocycles. The lowest BCUT2D eigenvalue weighted by atomic mass is 10.1. The summed E-state index contributed by atoms with van der Waals surface area (Å²) in [5, 5.41) is 0. The Morgan fingerprint density at radius 3 is 2.93 bits per heavy atom. The molecule has 5 nitrogen and oxygen atoms in total. The number of ether oxygens (including phenoxy) is 2. The van der Waals surface area contributed by atoms with Gasteiger partial charge in [0.1, 0.15) is 5.75 Å². The van der Waals surface area contributed by atoms with Crippen LogP contribution in [0.5, 0.6) is 5.75 Å². The van der Waals surface area contributed by atoms with Gasteiger partial charge in [-0.05, 0) is 6.07 Å². The van der Waals surface area contributed by atoms with Crippen LogP contribution in [0.2, 0.25) is 0 Å². The van der Waals surface area contributed by atoms with Crippen LogP contribution in [0.3, 0.4) is 0 Å². The Labute approximate surface area is 83.2 Å². The fraction of sp³-hybridized carbons (Fsp3) is 0.444. The monoisotopic (exact) mass is 197 g/mol. The number of nitrogens with two attached hydrogens (primary N) is 1. The highest BCUT2D eigenvalue weighted by atomic mass is 16.5. The van der Waals surface area contributed by atoms with E-state index in [0.29, 0.717) is 12.4 Å². The van der Waals surface area contributed by atoms with Crippen molar-refractivity contribution in [1.29, 1.82) is 0 Å². The molecule has 0 fully saturated rings. The molecule has 1 aromatic rings. The summed E-state index contributed by atoms with van der Waals surface area (Å²) >= 11 is 0. The summed E-state index contributed by atoms with van der Waals surface area (Å²) in [6.45, 7) is 0.483. The number of rotatable bonds is 5. The molecule has 0 aromatic carbocycles. The van der Waals surface area contributed by atoms with Gasteiger partial charge < -0.3 is 9.47 Å². The van der Waals surface area contributed by atoms with Crippen molar-refractivity contribution < 1.29 is 9.47 Å². The van der Waals surface area contributed by atoms with Gasteiger partial charge in [-0.25, -0.2) is 0 Å². The largest absolute Gasteiger partial charge is 0.495 e. The molecule has 1 atom stereocenters. The van der Waals surface area contributed by atoms with Gasteiger partial charge in [0.2, 0.25) is 0 Å². The fourth-order valence-corrected chi connectivity index (χ4v) is 1.24. The quantitative estimate of drug-likeness (QED) is 0.522. The highest BCUT2D eigenvalue weighted by Crippen LogP contribution is 2.22. The number of nitrogens with one attached hydrogen (secondary N) is 1. The normalized spacial score (nSPS) is 12.5. The minimum absolute atomic E-state index is 0.0852. The number of pyridine rings is 1. The Kier molecular flexibility index (Phi) is 4.31. The highest BCUT2D eigenvalue weighted by molar-refractivity contribution is 5.32. The van der Waals surface area contributed by atoms with Crippen LogP contribution in [-0.2, 0) is 4.74 Å². The third-order valence-corrected chi connectivity index (χ3v) is 1.95. The average molecular weight is 197 g/mol. The summed E-state index contributed by atoms with van der Waals surface area (Å²) in [5.74, 6) is 6.11. The second-order valence-electron chi connectivity index (χ2n) is 2.79. The predicted octanol–water partition coefficient (Wildman–Crippen LogP) is 0.241. The van der Waals surface area contributed by atoms with E-state index in [2.05, 4.69) is 10.4 Å². The first kappa shape index (κ1) is 10.9. The van der Waals surface area contributed by atoms with Crippen molar-refractivity contribution in [2.24, 2.45) is 5.84 Å². The molecule has 0 bridgehead atoms. The maximum Gasteiger partial charge on any atom is 0.142 e. The van der Waals surface area contributed by atoms with Crippen LogP contribution in [0.25, 0.3) is 0 Å². The molecule has 0 radical (unpaired) electrons. The standard InChI is InChI=1S/C9H15N3O2/c1-13-6-8(12-10)7-3-4-11-5-9(7)14-2/h3-5,8,12H,6,10H2,1-2H3. The molecule has 1 rings (SSSR count). The lowest BCUT2D eigenvalue weighted by molar-refractivity contribution is 0.166. The maximum atomic E-state index is 5.41. The third-order valence-electron chi connectivity index (χ3n) is 1.95. The molecule has 0 saturated heterocycles. The van der Waals surface area contributed by atoms with E-state index in [0.717, 1.165) is 5.56 Å². The van der Waals surface area contributed by atoms with Gasteiger partial charge >= 0.3 is 0 Å². The van der Waals surface area contributed by atoms with Crippen LogP contribution in [-0.4, -0.2) is 25.8 Å². The molecule has 1 unspecified atom stereocenters. The maximum absolute atomic E-state index is 5.41. The van der Waals surface area contributed by atoms with Crippen LogP contribution in [0.4, 0.5) is 0 Å². The first-order valence-corrected chi connectivity index (χ1v) is 4.26. The molecular weight excluding hydrogens is 182 g/mol. The van der Waals surface area contributed by atoms with E-state index in [4.69, 9.17) is 15.3 Å².